The first kappa shape index (κ1) is 41.9. The molecule has 1 heterocycles. The molecule has 7 aromatic carbocycles. The number of benzene rings is 7. The van der Waals surface area contributed by atoms with Crippen molar-refractivity contribution >= 4 is 22.9 Å². The van der Waals surface area contributed by atoms with Gasteiger partial charge in [-0.15, -0.1) is 0 Å². The zero-order chi connectivity index (χ0) is 45.0. The minimum Gasteiger partial charge on any atom is -0.465 e. The van der Waals surface area contributed by atoms with Crippen LogP contribution in [0.2, 0.25) is 0 Å². The molecule has 1 aromatic heterocycles. The molecule has 0 spiro atoms. The molecule has 0 aliphatic heterocycles. The van der Waals surface area contributed by atoms with Gasteiger partial charge in [-0.25, -0.2) is 26.3 Å². The first-order valence-electron chi connectivity index (χ1n) is 20.4. The lowest BCUT2D eigenvalue weighted by Gasteiger charge is -2.51. The fourth-order valence-corrected chi connectivity index (χ4v) is 9.93. The van der Waals surface area contributed by atoms with E-state index in [1.54, 1.807) is 38.1 Å². The quantitative estimate of drug-likeness (QED) is 0.0778. The Morgan fingerprint density at radius 3 is 1.17 bits per heavy atom. The monoisotopic (exact) mass is 866 g/mol. The number of carbonyl (C=O) groups excluding carboxylic acids is 2. The minimum absolute atomic E-state index is 0.0879. The van der Waals surface area contributed by atoms with E-state index < -0.39 is 63.1 Å². The number of halogens is 6. The number of carbonyl (C=O) groups is 2. The van der Waals surface area contributed by atoms with Crippen LogP contribution in [0.4, 0.5) is 26.3 Å². The molecule has 64 heavy (non-hydrogen) atoms. The van der Waals surface area contributed by atoms with E-state index in [0.29, 0.717) is 22.3 Å². The normalized spacial score (nSPS) is 14.6. The van der Waals surface area contributed by atoms with Crippen LogP contribution in [0.15, 0.2) is 162 Å². The zero-order valence-corrected chi connectivity index (χ0v) is 34.2. The highest BCUT2D eigenvalue weighted by Gasteiger charge is 2.83. The van der Waals surface area contributed by atoms with Crippen molar-refractivity contribution in [3.05, 3.63) is 226 Å². The summed E-state index contributed by atoms with van der Waals surface area (Å²) >= 11 is 0. The highest BCUT2D eigenvalue weighted by atomic mass is 19.1. The molecule has 1 aliphatic rings. The van der Waals surface area contributed by atoms with Gasteiger partial charge in [0, 0.05) is 16.5 Å². The van der Waals surface area contributed by atoms with Gasteiger partial charge in [0.05, 0.1) is 18.6 Å². The average molecular weight is 867 g/mol. The maximum atomic E-state index is 16.0. The molecular formula is C53H36F6O5. The van der Waals surface area contributed by atoms with Crippen molar-refractivity contribution in [2.45, 2.75) is 24.7 Å². The summed E-state index contributed by atoms with van der Waals surface area (Å²) in [5, 5.41) is 0.276. The van der Waals surface area contributed by atoms with Crippen molar-refractivity contribution in [3.8, 4) is 22.3 Å². The zero-order valence-electron chi connectivity index (χ0n) is 34.2. The van der Waals surface area contributed by atoms with E-state index in [2.05, 4.69) is 0 Å². The van der Waals surface area contributed by atoms with Crippen molar-refractivity contribution in [1.82, 2.24) is 0 Å². The van der Waals surface area contributed by atoms with Crippen LogP contribution in [0.1, 0.15) is 47.4 Å². The SMILES string of the molecule is CCOC(=O)C1(C(=O)OCC)C(c2ccc(F)cc2)(c2ccc(F)cc2)c2oc3c(-c4ccc(F)cc4)c(-c4ccc(F)cc4)ccc3c2C1(c1ccc(F)cc1)c1ccc(F)cc1. The third kappa shape index (κ3) is 6.01. The third-order valence-electron chi connectivity index (χ3n) is 12.3. The lowest BCUT2D eigenvalue weighted by atomic mass is 9.47. The van der Waals surface area contributed by atoms with Gasteiger partial charge in [0.2, 0.25) is 5.41 Å². The third-order valence-corrected chi connectivity index (χ3v) is 12.3. The Morgan fingerprint density at radius 1 is 0.453 bits per heavy atom. The largest absolute Gasteiger partial charge is 0.465 e. The molecule has 5 nitrogen and oxygen atoms in total. The average Bonchev–Trinajstić information content (AvgIpc) is 3.79. The predicted molar refractivity (Wildman–Crippen MR) is 228 cm³/mol. The Bertz CT molecular complexity index is 2920. The second kappa shape index (κ2) is 16.1. The van der Waals surface area contributed by atoms with Gasteiger partial charge in [0.25, 0.3) is 0 Å². The number of esters is 2. The summed E-state index contributed by atoms with van der Waals surface area (Å²) in [6, 6.07) is 34.9. The molecule has 0 fully saturated rings. The van der Waals surface area contributed by atoms with Crippen LogP contribution in [0.3, 0.4) is 0 Å². The summed E-state index contributed by atoms with van der Waals surface area (Å²) in [7, 11) is 0. The van der Waals surface area contributed by atoms with E-state index in [0.717, 1.165) is 48.5 Å². The maximum absolute atomic E-state index is 16.0. The van der Waals surface area contributed by atoms with Crippen molar-refractivity contribution in [3.63, 3.8) is 0 Å². The number of hydrogen-bond donors (Lipinski definition) is 0. The van der Waals surface area contributed by atoms with Crippen LogP contribution in [0.25, 0.3) is 33.2 Å². The molecule has 0 radical (unpaired) electrons. The van der Waals surface area contributed by atoms with Crippen LogP contribution in [-0.2, 0) is 29.9 Å². The Hall–Kier alpha value is -7.40. The van der Waals surface area contributed by atoms with Crippen molar-refractivity contribution in [2.24, 2.45) is 5.41 Å². The molecule has 0 amide bonds. The van der Waals surface area contributed by atoms with Crippen LogP contribution >= 0.6 is 0 Å². The molecule has 0 atom stereocenters. The number of rotatable bonds is 10. The van der Waals surface area contributed by atoms with E-state index in [-0.39, 0.29) is 57.8 Å². The molecule has 0 bridgehead atoms. The smallest absolute Gasteiger partial charge is 0.326 e. The highest BCUT2D eigenvalue weighted by molar-refractivity contribution is 6.13. The first-order valence-corrected chi connectivity index (χ1v) is 20.4. The summed E-state index contributed by atoms with van der Waals surface area (Å²) in [6.45, 7) is 2.53. The van der Waals surface area contributed by atoms with E-state index >= 15 is 27.2 Å². The summed E-state index contributed by atoms with van der Waals surface area (Å²) in [5.74, 6) is -6.12. The van der Waals surface area contributed by atoms with E-state index in [4.69, 9.17) is 13.9 Å². The Balaban J connectivity index is 1.63. The topological polar surface area (TPSA) is 65.7 Å². The molecule has 0 unspecified atom stereocenters. The number of fused-ring (bicyclic) bond motifs is 3. The molecule has 0 saturated heterocycles. The van der Waals surface area contributed by atoms with E-state index in [9.17, 15) is 8.78 Å². The fourth-order valence-electron chi connectivity index (χ4n) is 9.93. The molecule has 320 valence electrons. The fraction of sp³-hybridized carbons (Fsp3) is 0.132. The molecule has 0 saturated carbocycles. The summed E-state index contributed by atoms with van der Waals surface area (Å²) in [4.78, 5) is 32.1. The van der Waals surface area contributed by atoms with Crippen molar-refractivity contribution in [1.29, 1.82) is 0 Å². The molecule has 8 aromatic rings. The summed E-state index contributed by atoms with van der Waals surface area (Å²) in [6.07, 6.45) is 0. The van der Waals surface area contributed by atoms with E-state index in [1.165, 1.54) is 84.9 Å². The number of furan rings is 1. The predicted octanol–water partition coefficient (Wildman–Crippen LogP) is 12.4. The highest BCUT2D eigenvalue weighted by Crippen LogP contribution is 2.74. The van der Waals surface area contributed by atoms with Gasteiger partial charge >= 0.3 is 11.9 Å². The van der Waals surface area contributed by atoms with Gasteiger partial charge in [0.1, 0.15) is 51.7 Å². The van der Waals surface area contributed by atoms with Crippen LogP contribution in [0, 0.1) is 40.3 Å². The maximum Gasteiger partial charge on any atom is 0.326 e. The van der Waals surface area contributed by atoms with Crippen LogP contribution in [0.5, 0.6) is 0 Å². The van der Waals surface area contributed by atoms with Crippen LogP contribution in [-0.4, -0.2) is 25.2 Å². The molecule has 9 rings (SSSR count). The van der Waals surface area contributed by atoms with Gasteiger partial charge < -0.3 is 13.9 Å². The minimum atomic E-state index is -2.77. The molecule has 1 aliphatic carbocycles. The number of ether oxygens (including phenoxy) is 2. The Kier molecular flexibility index (Phi) is 10.5. The van der Waals surface area contributed by atoms with Crippen molar-refractivity contribution < 1.29 is 49.8 Å². The second-order valence-corrected chi connectivity index (χ2v) is 15.4. The lowest BCUT2D eigenvalue weighted by Crippen LogP contribution is -2.65. The van der Waals surface area contributed by atoms with Gasteiger partial charge in [0.15, 0.2) is 0 Å². The second-order valence-electron chi connectivity index (χ2n) is 15.4. The van der Waals surface area contributed by atoms with Gasteiger partial charge in [-0.05, 0) is 126 Å². The van der Waals surface area contributed by atoms with E-state index in [1.807, 2.05) is 0 Å². The Morgan fingerprint density at radius 2 is 0.797 bits per heavy atom. The first-order chi connectivity index (χ1) is 30.9. The Labute approximate surface area is 363 Å². The van der Waals surface area contributed by atoms with Gasteiger partial charge in [-0.1, -0.05) is 84.9 Å². The van der Waals surface area contributed by atoms with Crippen molar-refractivity contribution in [2.75, 3.05) is 13.2 Å². The number of hydrogen-bond acceptors (Lipinski definition) is 5. The summed E-state index contributed by atoms with van der Waals surface area (Å²) in [5.41, 5.74) is -4.71. The molecule has 0 N–H and O–H groups in total. The standard InChI is InChI=1S/C53H36F6O5/c1-3-62-49(60)53(50(61)63-4-2)51(33-9-21-39(56)22-10-33,34-11-23-40(57)24-12-34)46-44-30-29-43(31-5-17-37(54)18-6-31)45(32-7-19-38(55)20-8-32)47(44)64-48(46)52(53,35-13-25-41(58)26-14-35)36-15-27-42(59)28-16-36/h5-30H,3-4H2,1-2H3. The lowest BCUT2D eigenvalue weighted by molar-refractivity contribution is -0.179. The van der Waals surface area contributed by atoms with Crippen LogP contribution < -0.4 is 0 Å². The van der Waals surface area contributed by atoms with Gasteiger partial charge in [-0.3, -0.25) is 9.59 Å². The van der Waals surface area contributed by atoms with Gasteiger partial charge in [-0.2, -0.15) is 0 Å². The summed E-state index contributed by atoms with van der Waals surface area (Å²) < 4.78 is 110. The molecule has 11 heteroatoms. The molecular weight excluding hydrogens is 831 g/mol.